The van der Waals surface area contributed by atoms with Gasteiger partial charge in [-0.15, -0.1) is 10.1 Å². The van der Waals surface area contributed by atoms with Crippen molar-refractivity contribution in [2.45, 2.75) is 0 Å². The number of rotatable bonds is 2. The first-order valence-corrected chi connectivity index (χ1v) is 2.84. The molecule has 0 aliphatic rings. The zero-order chi connectivity index (χ0) is 6.78. The van der Waals surface area contributed by atoms with Gasteiger partial charge in [0.2, 0.25) is 0 Å². The normalized spacial score (nSPS) is 8.60. The van der Waals surface area contributed by atoms with Crippen LogP contribution in [0, 0.1) is 10.1 Å². The minimum atomic E-state index is -4.92. The van der Waals surface area contributed by atoms with Crippen LogP contribution in [0.15, 0.2) is 0 Å². The third-order valence-corrected chi connectivity index (χ3v) is 0.519. The molecule has 0 aromatic rings. The lowest BCUT2D eigenvalue weighted by molar-refractivity contribution is -0.718. The Morgan fingerprint density at radius 1 is 1.40 bits per heavy atom. The summed E-state index contributed by atoms with van der Waals surface area (Å²) in [5.41, 5.74) is 0. The summed E-state index contributed by atoms with van der Waals surface area (Å²) >= 11 is 0. The molecule has 9 nitrogen and oxygen atoms in total. The van der Waals surface area contributed by atoms with Crippen LogP contribution >= 0.6 is 7.82 Å². The molecule has 0 saturated heterocycles. The Hall–Kier alpha value is -0.730. The van der Waals surface area contributed by atoms with Crippen LogP contribution in [0.25, 0.3) is 0 Å². The van der Waals surface area contributed by atoms with Crippen molar-refractivity contribution < 1.29 is 24.1 Å². The minimum Gasteiger partial charge on any atom is -0.344 e. The molecule has 0 rings (SSSR count). The van der Waals surface area contributed by atoms with E-state index in [1.807, 2.05) is 0 Å². The Balaban J connectivity index is -0.000000245. The summed E-state index contributed by atoms with van der Waals surface area (Å²) in [5.74, 6) is 0. The van der Waals surface area contributed by atoms with Gasteiger partial charge in [-0.1, -0.05) is 0 Å². The molecule has 0 radical (unpaired) electrons. The fraction of sp³-hybridized carbons (Fsp3) is 0. The van der Waals surface area contributed by atoms with E-state index < -0.39 is 12.9 Å². The summed E-state index contributed by atoms with van der Waals surface area (Å²) in [6, 6.07) is 0. The van der Waals surface area contributed by atoms with Crippen LogP contribution in [-0.4, -0.2) is 14.9 Å². The Morgan fingerprint density at radius 2 is 1.70 bits per heavy atom. The van der Waals surface area contributed by atoms with Gasteiger partial charge < -0.3 is 22.1 Å². The van der Waals surface area contributed by atoms with Gasteiger partial charge >= 0.3 is 12.9 Å². The van der Waals surface area contributed by atoms with Gasteiger partial charge in [-0.3, -0.25) is 0 Å². The number of hydrogen-bond donors (Lipinski definition) is 4. The van der Waals surface area contributed by atoms with Crippen molar-refractivity contribution in [2.24, 2.45) is 0 Å². The van der Waals surface area contributed by atoms with Gasteiger partial charge in [-0.25, -0.2) is 4.57 Å². The molecule has 10 heavy (non-hydrogen) atoms. The Morgan fingerprint density at radius 3 is 1.70 bits per heavy atom. The first-order chi connectivity index (χ1) is 3.42. The molecular weight excluding hydrogens is 169 g/mol. The Bertz CT molecular complexity index is 136. The number of hydrogen-bond acceptors (Lipinski definition) is 6. The zero-order valence-corrected chi connectivity index (χ0v) is 5.73. The second-order valence-electron chi connectivity index (χ2n) is 0.796. The predicted octanol–water partition coefficient (Wildman–Crippen LogP) is -0.389. The lowest BCUT2D eigenvalue weighted by Crippen LogP contribution is -1.96. The van der Waals surface area contributed by atoms with Gasteiger partial charge in [0, 0.05) is 0 Å². The molecule has 8 N–H and O–H groups in total. The summed E-state index contributed by atoms with van der Waals surface area (Å²) in [5, 5.41) is 7.55. The van der Waals surface area contributed by atoms with Crippen molar-refractivity contribution >= 4 is 7.82 Å². The number of phosphoric acid groups is 1. The molecule has 0 spiro atoms. The van der Waals surface area contributed by atoms with Crippen molar-refractivity contribution in [3.05, 3.63) is 10.1 Å². The fourth-order valence-corrected chi connectivity index (χ4v) is 0.261. The van der Waals surface area contributed by atoms with Gasteiger partial charge in [0.15, 0.2) is 0 Å². The van der Waals surface area contributed by atoms with E-state index in [0.717, 1.165) is 0 Å². The molecule has 0 bridgehead atoms. The molecule has 0 aliphatic carbocycles. The standard InChI is InChI=1S/H2NO6P.2H3N/c2-1(3)7-8(4,5)6;;/h(H2,4,5,6);2*1H3. The molecule has 0 heterocycles. The van der Waals surface area contributed by atoms with E-state index >= 15 is 0 Å². The largest absolute Gasteiger partial charge is 0.501 e. The fourth-order valence-electron chi connectivity index (χ4n) is 0.0868. The molecule has 0 aromatic heterocycles. The Labute approximate surface area is 55.5 Å². The highest BCUT2D eigenvalue weighted by molar-refractivity contribution is 7.46. The van der Waals surface area contributed by atoms with E-state index in [1.165, 1.54) is 0 Å². The smallest absolute Gasteiger partial charge is 0.344 e. The van der Waals surface area contributed by atoms with Gasteiger partial charge in [0.1, 0.15) is 0 Å². The lowest BCUT2D eigenvalue weighted by Gasteiger charge is -1.95. The van der Waals surface area contributed by atoms with Crippen molar-refractivity contribution in [2.75, 3.05) is 0 Å². The molecule has 0 unspecified atom stereocenters. The van der Waals surface area contributed by atoms with Gasteiger partial charge in [0.25, 0.3) is 0 Å². The molecule has 10 heteroatoms. The lowest BCUT2D eigenvalue weighted by atomic mass is 13.1. The van der Waals surface area contributed by atoms with E-state index in [2.05, 4.69) is 4.62 Å². The quantitative estimate of drug-likeness (QED) is 0.250. The molecule has 0 atom stereocenters. The van der Waals surface area contributed by atoms with Crippen LogP contribution in [0.4, 0.5) is 0 Å². The maximum Gasteiger partial charge on any atom is 0.501 e. The van der Waals surface area contributed by atoms with Crippen LogP contribution < -0.4 is 12.3 Å². The third-order valence-electron chi connectivity index (χ3n) is 0.173. The molecule has 0 saturated carbocycles. The average Bonchev–Trinajstić information content (AvgIpc) is 1.21. The molecule has 64 valence electrons. The average molecular weight is 177 g/mol. The maximum absolute atomic E-state index is 9.47. The third kappa shape index (κ3) is 15.7. The second-order valence-corrected chi connectivity index (χ2v) is 1.94. The second kappa shape index (κ2) is 5.09. The van der Waals surface area contributed by atoms with Gasteiger partial charge in [-0.2, -0.15) is 4.62 Å². The SMILES string of the molecule is N.N.O=[N+]([O-])OP(=O)(O)O. The summed E-state index contributed by atoms with van der Waals surface area (Å²) in [6.07, 6.45) is 0. The van der Waals surface area contributed by atoms with Crippen LogP contribution in [-0.2, 0) is 9.19 Å². The van der Waals surface area contributed by atoms with Crippen LogP contribution in [0.2, 0.25) is 0 Å². The van der Waals surface area contributed by atoms with E-state index in [9.17, 15) is 4.57 Å². The summed E-state index contributed by atoms with van der Waals surface area (Å²) in [4.78, 5) is 24.4. The highest BCUT2D eigenvalue weighted by Crippen LogP contribution is 2.35. The van der Waals surface area contributed by atoms with E-state index in [0.29, 0.717) is 0 Å². The van der Waals surface area contributed by atoms with Crippen LogP contribution in [0.5, 0.6) is 0 Å². The van der Waals surface area contributed by atoms with Crippen molar-refractivity contribution in [3.8, 4) is 0 Å². The van der Waals surface area contributed by atoms with Gasteiger partial charge in [-0.05, 0) is 0 Å². The summed E-state index contributed by atoms with van der Waals surface area (Å²) in [7, 11) is -4.92. The Kier molecular flexibility index (Phi) is 8.20. The van der Waals surface area contributed by atoms with E-state index in [-0.39, 0.29) is 12.3 Å². The topological polar surface area (TPSA) is 180 Å². The molecule has 0 amide bonds. The molecule has 0 fully saturated rings. The van der Waals surface area contributed by atoms with E-state index in [1.54, 1.807) is 0 Å². The van der Waals surface area contributed by atoms with E-state index in [4.69, 9.17) is 19.9 Å². The minimum absolute atomic E-state index is 0. The van der Waals surface area contributed by atoms with Crippen LogP contribution in [0.1, 0.15) is 0 Å². The predicted molar refractivity (Wildman–Crippen MR) is 30.2 cm³/mol. The molecular formula is H8N3O6P. The molecule has 0 aliphatic heterocycles. The van der Waals surface area contributed by atoms with Crippen molar-refractivity contribution in [1.82, 2.24) is 12.3 Å². The zero-order valence-electron chi connectivity index (χ0n) is 4.84. The first kappa shape index (κ1) is 16.1. The number of nitrogens with zero attached hydrogens (tertiary/aromatic N) is 1. The highest BCUT2D eigenvalue weighted by Gasteiger charge is 2.17. The summed E-state index contributed by atoms with van der Waals surface area (Å²) in [6.45, 7) is 0. The van der Waals surface area contributed by atoms with Crippen LogP contribution in [0.3, 0.4) is 0 Å². The highest BCUT2D eigenvalue weighted by atomic mass is 31.2. The van der Waals surface area contributed by atoms with Gasteiger partial charge in [0.05, 0.1) is 0 Å². The first-order valence-electron chi connectivity index (χ1n) is 1.31. The maximum atomic E-state index is 9.47. The monoisotopic (exact) mass is 177 g/mol. The summed E-state index contributed by atoms with van der Waals surface area (Å²) < 4.78 is 12.3. The van der Waals surface area contributed by atoms with Crippen molar-refractivity contribution in [1.29, 1.82) is 0 Å². The molecule has 0 aromatic carbocycles. The van der Waals surface area contributed by atoms with Crippen molar-refractivity contribution in [3.63, 3.8) is 0 Å².